The maximum absolute atomic E-state index is 11.8. The van der Waals surface area contributed by atoms with Crippen LogP contribution in [-0.2, 0) is 6.42 Å². The summed E-state index contributed by atoms with van der Waals surface area (Å²) in [5.74, 6) is 0.921. The summed E-state index contributed by atoms with van der Waals surface area (Å²) in [4.78, 5) is 0. The molecule has 15 heavy (non-hydrogen) atoms. The number of ether oxygens (including phenoxy) is 1. The van der Waals surface area contributed by atoms with Crippen molar-refractivity contribution in [3.8, 4) is 5.75 Å². The molecule has 0 atom stereocenters. The number of hydrogen-bond donors (Lipinski definition) is 1. The van der Waals surface area contributed by atoms with Gasteiger partial charge in [-0.3, -0.25) is 4.39 Å². The first kappa shape index (κ1) is 12.0. The lowest BCUT2D eigenvalue weighted by molar-refractivity contribution is 0.408. The van der Waals surface area contributed by atoms with Gasteiger partial charge in [0.25, 0.3) is 0 Å². The van der Waals surface area contributed by atoms with Crippen LogP contribution in [0.1, 0.15) is 12.0 Å². The molecule has 1 rings (SSSR count). The molecule has 0 aliphatic rings. The summed E-state index contributed by atoms with van der Waals surface area (Å²) in [5, 5.41) is 3.19. The number of nitrogens with one attached hydrogen (secondary N) is 1. The van der Waals surface area contributed by atoms with Crippen LogP contribution in [0.15, 0.2) is 24.3 Å². The number of para-hydroxylation sites is 1. The summed E-state index contributed by atoms with van der Waals surface area (Å²) >= 11 is 0. The molecule has 0 bridgehead atoms. The molecule has 0 aliphatic carbocycles. The fraction of sp³-hybridized carbons (Fsp3) is 0.500. The van der Waals surface area contributed by atoms with Crippen molar-refractivity contribution >= 4 is 0 Å². The third kappa shape index (κ3) is 4.30. The summed E-state index contributed by atoms with van der Waals surface area (Å²) in [7, 11) is 1.68. The van der Waals surface area contributed by atoms with Crippen molar-refractivity contribution in [3.63, 3.8) is 0 Å². The molecule has 0 saturated carbocycles. The van der Waals surface area contributed by atoms with Crippen LogP contribution in [-0.4, -0.2) is 26.9 Å². The normalized spacial score (nSPS) is 10.3. The molecule has 0 spiro atoms. The second-order valence-electron chi connectivity index (χ2n) is 3.35. The molecule has 2 nitrogen and oxygen atoms in total. The summed E-state index contributed by atoms with van der Waals surface area (Å²) in [6, 6.07) is 7.96. The Morgan fingerprint density at radius 1 is 1.27 bits per heavy atom. The second kappa shape index (κ2) is 7.23. The van der Waals surface area contributed by atoms with Gasteiger partial charge in [0, 0.05) is 0 Å². The van der Waals surface area contributed by atoms with Crippen LogP contribution >= 0.6 is 0 Å². The maximum atomic E-state index is 11.8. The Labute approximate surface area is 90.4 Å². The van der Waals surface area contributed by atoms with E-state index in [9.17, 15) is 4.39 Å². The van der Waals surface area contributed by atoms with E-state index in [1.165, 1.54) is 5.56 Å². The smallest absolute Gasteiger partial charge is 0.122 e. The summed E-state index contributed by atoms with van der Waals surface area (Å²) in [6.07, 6.45) is 1.50. The average molecular weight is 211 g/mol. The van der Waals surface area contributed by atoms with Crippen LogP contribution in [0.25, 0.3) is 0 Å². The standard InChI is InChI=1S/C12H18FNO/c1-15-12-6-3-2-5-11(12)7-10-14-9-4-8-13/h2-3,5-6,14H,4,7-10H2,1H3. The fourth-order valence-electron chi connectivity index (χ4n) is 1.45. The minimum absolute atomic E-state index is 0.248. The molecule has 3 heteroatoms. The predicted molar refractivity (Wildman–Crippen MR) is 60.2 cm³/mol. The van der Waals surface area contributed by atoms with Gasteiger partial charge < -0.3 is 10.1 Å². The second-order valence-corrected chi connectivity index (χ2v) is 3.35. The highest BCUT2D eigenvalue weighted by atomic mass is 19.1. The first-order valence-corrected chi connectivity index (χ1v) is 5.27. The van der Waals surface area contributed by atoms with Gasteiger partial charge in [-0.2, -0.15) is 0 Å². The molecule has 0 aliphatic heterocycles. The lowest BCUT2D eigenvalue weighted by atomic mass is 10.1. The van der Waals surface area contributed by atoms with E-state index >= 15 is 0 Å². The zero-order valence-electron chi connectivity index (χ0n) is 9.13. The molecular weight excluding hydrogens is 193 g/mol. The molecule has 0 saturated heterocycles. The number of alkyl halides is 1. The van der Waals surface area contributed by atoms with Crippen LogP contribution in [0.4, 0.5) is 4.39 Å². The number of rotatable bonds is 7. The minimum atomic E-state index is -0.248. The quantitative estimate of drug-likeness (QED) is 0.698. The Hall–Kier alpha value is -1.09. The van der Waals surface area contributed by atoms with Crippen LogP contribution in [0.5, 0.6) is 5.75 Å². The molecule has 0 amide bonds. The number of halogens is 1. The van der Waals surface area contributed by atoms with E-state index in [4.69, 9.17) is 4.74 Å². The number of methoxy groups -OCH3 is 1. The lowest BCUT2D eigenvalue weighted by Crippen LogP contribution is -2.19. The van der Waals surface area contributed by atoms with Crippen molar-refractivity contribution < 1.29 is 9.13 Å². The van der Waals surface area contributed by atoms with E-state index in [0.717, 1.165) is 25.3 Å². The van der Waals surface area contributed by atoms with Crippen molar-refractivity contribution in [2.45, 2.75) is 12.8 Å². The van der Waals surface area contributed by atoms with E-state index in [-0.39, 0.29) is 6.67 Å². The predicted octanol–water partition coefficient (Wildman–Crippen LogP) is 2.19. The van der Waals surface area contributed by atoms with Gasteiger partial charge in [0.1, 0.15) is 5.75 Å². The van der Waals surface area contributed by atoms with E-state index in [0.29, 0.717) is 6.42 Å². The number of hydrogen-bond acceptors (Lipinski definition) is 2. The Balaban J connectivity index is 2.30. The van der Waals surface area contributed by atoms with Crippen molar-refractivity contribution in [2.75, 3.05) is 26.9 Å². The Bertz CT molecular complexity index is 278. The van der Waals surface area contributed by atoms with Crippen molar-refractivity contribution in [1.82, 2.24) is 5.32 Å². The molecule has 0 heterocycles. The van der Waals surface area contributed by atoms with Gasteiger partial charge in [-0.25, -0.2) is 0 Å². The monoisotopic (exact) mass is 211 g/mol. The van der Waals surface area contributed by atoms with Gasteiger partial charge in [0.15, 0.2) is 0 Å². The Morgan fingerprint density at radius 2 is 2.07 bits per heavy atom. The van der Waals surface area contributed by atoms with Crippen molar-refractivity contribution in [3.05, 3.63) is 29.8 Å². The summed E-state index contributed by atoms with van der Waals surface area (Å²) in [6.45, 7) is 1.35. The van der Waals surface area contributed by atoms with E-state index < -0.39 is 0 Å². The minimum Gasteiger partial charge on any atom is -0.496 e. The van der Waals surface area contributed by atoms with Gasteiger partial charge in [0.2, 0.25) is 0 Å². The topological polar surface area (TPSA) is 21.3 Å². The van der Waals surface area contributed by atoms with Crippen LogP contribution < -0.4 is 10.1 Å². The van der Waals surface area contributed by atoms with Crippen LogP contribution in [0.3, 0.4) is 0 Å². The zero-order valence-corrected chi connectivity index (χ0v) is 9.13. The molecule has 1 aromatic rings. The highest BCUT2D eigenvalue weighted by Gasteiger charge is 2.00. The largest absolute Gasteiger partial charge is 0.496 e. The molecule has 0 fully saturated rings. The molecule has 1 aromatic carbocycles. The first-order valence-electron chi connectivity index (χ1n) is 5.27. The molecule has 0 aromatic heterocycles. The maximum Gasteiger partial charge on any atom is 0.122 e. The van der Waals surface area contributed by atoms with Crippen LogP contribution in [0, 0.1) is 0 Å². The van der Waals surface area contributed by atoms with E-state index in [1.54, 1.807) is 7.11 Å². The Kier molecular flexibility index (Phi) is 5.78. The first-order chi connectivity index (χ1) is 7.38. The third-order valence-electron chi connectivity index (χ3n) is 2.25. The lowest BCUT2D eigenvalue weighted by Gasteiger charge is -2.08. The summed E-state index contributed by atoms with van der Waals surface area (Å²) in [5.41, 5.74) is 1.19. The van der Waals surface area contributed by atoms with E-state index in [1.807, 2.05) is 18.2 Å². The van der Waals surface area contributed by atoms with Gasteiger partial charge >= 0.3 is 0 Å². The summed E-state index contributed by atoms with van der Waals surface area (Å²) < 4.78 is 17.0. The van der Waals surface area contributed by atoms with Gasteiger partial charge in [-0.15, -0.1) is 0 Å². The number of benzene rings is 1. The molecule has 84 valence electrons. The highest BCUT2D eigenvalue weighted by Crippen LogP contribution is 2.16. The van der Waals surface area contributed by atoms with Crippen molar-refractivity contribution in [2.24, 2.45) is 0 Å². The highest BCUT2D eigenvalue weighted by molar-refractivity contribution is 5.33. The Morgan fingerprint density at radius 3 is 2.80 bits per heavy atom. The van der Waals surface area contributed by atoms with E-state index in [2.05, 4.69) is 11.4 Å². The third-order valence-corrected chi connectivity index (χ3v) is 2.25. The zero-order chi connectivity index (χ0) is 10.9. The van der Waals surface area contributed by atoms with Crippen molar-refractivity contribution in [1.29, 1.82) is 0 Å². The fourth-order valence-corrected chi connectivity index (χ4v) is 1.45. The molecule has 0 radical (unpaired) electrons. The molecular formula is C12H18FNO. The molecule has 1 N–H and O–H groups in total. The van der Waals surface area contributed by atoms with Crippen LogP contribution in [0.2, 0.25) is 0 Å². The molecule has 0 unspecified atom stereocenters. The SMILES string of the molecule is COc1ccccc1CCNCCCF. The average Bonchev–Trinajstić information content (AvgIpc) is 2.29. The van der Waals surface area contributed by atoms with Gasteiger partial charge in [0.05, 0.1) is 13.8 Å². The van der Waals surface area contributed by atoms with Gasteiger partial charge in [-0.05, 0) is 37.6 Å². The van der Waals surface area contributed by atoms with Gasteiger partial charge in [-0.1, -0.05) is 18.2 Å².